The molecule has 0 saturated heterocycles. The predicted molar refractivity (Wildman–Crippen MR) is 51.8 cm³/mol. The van der Waals surface area contributed by atoms with E-state index in [0.717, 1.165) is 9.27 Å². The summed E-state index contributed by atoms with van der Waals surface area (Å²) in [6, 6.07) is 6.06. The van der Waals surface area contributed by atoms with Crippen molar-refractivity contribution in [2.45, 2.75) is 16.4 Å². The largest absolute Gasteiger partial charge is 0.487 e. The lowest BCUT2D eigenvalue weighted by atomic mass is 10.5. The molecule has 0 N–H and O–H groups in total. The second-order valence-electron chi connectivity index (χ2n) is 2.17. The van der Waals surface area contributed by atoms with Crippen molar-refractivity contribution >= 4 is 23.1 Å². The minimum Gasteiger partial charge on any atom is -0.487 e. The van der Waals surface area contributed by atoms with E-state index in [1.165, 1.54) is 0 Å². The Labute approximate surface area is 80.2 Å². The second kappa shape index (κ2) is 4.39. The van der Waals surface area contributed by atoms with Crippen LogP contribution in [0.3, 0.4) is 0 Å². The standard InChI is InChI=1S/C8H9NOS2/c1-6(5-9)11-8-4-3-7(10-2)12-8/h3-4,6H,1-2H3. The molecule has 12 heavy (non-hydrogen) atoms. The Morgan fingerprint density at radius 1 is 1.67 bits per heavy atom. The number of hydrogen-bond donors (Lipinski definition) is 0. The lowest BCUT2D eigenvalue weighted by molar-refractivity contribution is 0.427. The monoisotopic (exact) mass is 199 g/mol. The summed E-state index contributed by atoms with van der Waals surface area (Å²) in [5.74, 6) is 0. The highest BCUT2D eigenvalue weighted by atomic mass is 32.2. The molecule has 0 aliphatic rings. The maximum absolute atomic E-state index is 8.56. The highest BCUT2D eigenvalue weighted by molar-refractivity contribution is 8.01. The van der Waals surface area contributed by atoms with Crippen LogP contribution < -0.4 is 4.74 Å². The van der Waals surface area contributed by atoms with Gasteiger partial charge in [-0.05, 0) is 19.1 Å². The van der Waals surface area contributed by atoms with Crippen molar-refractivity contribution in [2.75, 3.05) is 7.11 Å². The zero-order valence-corrected chi connectivity index (χ0v) is 8.54. The van der Waals surface area contributed by atoms with Crippen LogP contribution in [0, 0.1) is 11.3 Å². The molecule has 1 unspecified atom stereocenters. The first kappa shape index (κ1) is 9.43. The Hall–Kier alpha value is -0.660. The van der Waals surface area contributed by atoms with Crippen LogP contribution in [0.25, 0.3) is 0 Å². The Kier molecular flexibility index (Phi) is 3.45. The summed E-state index contributed by atoms with van der Waals surface area (Å²) in [6.45, 7) is 1.89. The molecule has 0 radical (unpaired) electrons. The Morgan fingerprint density at radius 3 is 2.92 bits per heavy atom. The molecular weight excluding hydrogens is 190 g/mol. The quantitative estimate of drug-likeness (QED) is 0.702. The lowest BCUT2D eigenvalue weighted by Gasteiger charge is -1.96. The molecule has 0 aliphatic carbocycles. The van der Waals surface area contributed by atoms with E-state index in [1.807, 2.05) is 19.1 Å². The van der Waals surface area contributed by atoms with Gasteiger partial charge >= 0.3 is 0 Å². The van der Waals surface area contributed by atoms with Crippen molar-refractivity contribution in [3.63, 3.8) is 0 Å². The maximum Gasteiger partial charge on any atom is 0.174 e. The van der Waals surface area contributed by atoms with Gasteiger partial charge in [-0.25, -0.2) is 0 Å². The van der Waals surface area contributed by atoms with E-state index in [-0.39, 0.29) is 5.25 Å². The fourth-order valence-corrected chi connectivity index (χ4v) is 2.65. The highest BCUT2D eigenvalue weighted by Gasteiger charge is 2.05. The number of ether oxygens (including phenoxy) is 1. The number of rotatable bonds is 3. The Balaban J connectivity index is 2.59. The third kappa shape index (κ3) is 2.43. The summed E-state index contributed by atoms with van der Waals surface area (Å²) in [7, 11) is 1.65. The van der Waals surface area contributed by atoms with Crippen LogP contribution in [0.2, 0.25) is 0 Å². The zero-order valence-electron chi connectivity index (χ0n) is 6.90. The fourth-order valence-electron chi connectivity index (χ4n) is 0.677. The van der Waals surface area contributed by atoms with Gasteiger partial charge in [0, 0.05) is 0 Å². The van der Waals surface area contributed by atoms with Gasteiger partial charge in [0.25, 0.3) is 0 Å². The summed E-state index contributed by atoms with van der Waals surface area (Å²) < 4.78 is 6.16. The molecular formula is C8H9NOS2. The minimum atomic E-state index is 0.00774. The molecule has 1 atom stereocenters. The van der Waals surface area contributed by atoms with Gasteiger partial charge < -0.3 is 4.74 Å². The second-order valence-corrected chi connectivity index (χ2v) is 4.85. The highest BCUT2D eigenvalue weighted by Crippen LogP contribution is 2.34. The van der Waals surface area contributed by atoms with E-state index in [0.29, 0.717) is 0 Å². The van der Waals surface area contributed by atoms with Crippen LogP contribution in [0.4, 0.5) is 0 Å². The molecule has 0 bridgehead atoms. The molecule has 1 aromatic rings. The van der Waals surface area contributed by atoms with Gasteiger partial charge in [-0.3, -0.25) is 0 Å². The number of thioether (sulfide) groups is 1. The van der Waals surface area contributed by atoms with Crippen LogP contribution in [-0.2, 0) is 0 Å². The number of methoxy groups -OCH3 is 1. The summed E-state index contributed by atoms with van der Waals surface area (Å²) in [4.78, 5) is 0. The van der Waals surface area contributed by atoms with Crippen LogP contribution in [0.5, 0.6) is 5.06 Å². The molecule has 0 aromatic carbocycles. The molecule has 2 nitrogen and oxygen atoms in total. The first-order chi connectivity index (χ1) is 5.76. The number of thiophene rings is 1. The van der Waals surface area contributed by atoms with Gasteiger partial charge in [0.2, 0.25) is 0 Å². The number of hydrogen-bond acceptors (Lipinski definition) is 4. The summed E-state index contributed by atoms with van der Waals surface area (Å²) >= 11 is 3.12. The normalized spacial score (nSPS) is 12.1. The van der Waals surface area contributed by atoms with Crippen molar-refractivity contribution in [1.29, 1.82) is 5.26 Å². The third-order valence-corrected chi connectivity index (χ3v) is 3.44. The van der Waals surface area contributed by atoms with E-state index >= 15 is 0 Å². The molecule has 1 aromatic heterocycles. The van der Waals surface area contributed by atoms with Gasteiger partial charge in [-0.15, -0.1) is 0 Å². The van der Waals surface area contributed by atoms with Crippen molar-refractivity contribution in [3.8, 4) is 11.1 Å². The molecule has 0 saturated carbocycles. The van der Waals surface area contributed by atoms with Gasteiger partial charge in [0.15, 0.2) is 5.06 Å². The lowest BCUT2D eigenvalue weighted by Crippen LogP contribution is -1.86. The first-order valence-electron chi connectivity index (χ1n) is 3.46. The van der Waals surface area contributed by atoms with Crippen molar-refractivity contribution in [2.24, 2.45) is 0 Å². The number of nitrogens with zero attached hydrogens (tertiary/aromatic N) is 1. The van der Waals surface area contributed by atoms with Crippen LogP contribution in [-0.4, -0.2) is 12.4 Å². The van der Waals surface area contributed by atoms with E-state index in [4.69, 9.17) is 10.00 Å². The van der Waals surface area contributed by atoms with Crippen molar-refractivity contribution in [3.05, 3.63) is 12.1 Å². The average molecular weight is 199 g/mol. The molecule has 0 amide bonds. The molecule has 1 rings (SSSR count). The maximum atomic E-state index is 8.56. The number of nitriles is 1. The van der Waals surface area contributed by atoms with Crippen LogP contribution in [0.1, 0.15) is 6.92 Å². The van der Waals surface area contributed by atoms with Crippen molar-refractivity contribution in [1.82, 2.24) is 0 Å². The zero-order chi connectivity index (χ0) is 8.97. The molecule has 0 fully saturated rings. The summed E-state index contributed by atoms with van der Waals surface area (Å²) in [5, 5.41) is 9.46. The third-order valence-electron chi connectivity index (χ3n) is 1.23. The predicted octanol–water partition coefficient (Wildman–Crippen LogP) is 2.76. The van der Waals surface area contributed by atoms with E-state index < -0.39 is 0 Å². The van der Waals surface area contributed by atoms with Crippen LogP contribution in [0.15, 0.2) is 16.3 Å². The molecule has 0 aliphatic heterocycles. The fraction of sp³-hybridized carbons (Fsp3) is 0.375. The topological polar surface area (TPSA) is 33.0 Å². The van der Waals surface area contributed by atoms with Gasteiger partial charge in [-0.2, -0.15) is 5.26 Å². The summed E-state index contributed by atoms with van der Waals surface area (Å²) in [5.41, 5.74) is 0. The van der Waals surface area contributed by atoms with Crippen molar-refractivity contribution < 1.29 is 4.74 Å². The molecule has 64 valence electrons. The average Bonchev–Trinajstić information content (AvgIpc) is 2.52. The Morgan fingerprint density at radius 2 is 2.42 bits per heavy atom. The molecule has 4 heteroatoms. The molecule has 0 spiro atoms. The SMILES string of the molecule is COc1ccc(SC(C)C#N)s1. The first-order valence-corrected chi connectivity index (χ1v) is 5.16. The van der Waals surface area contributed by atoms with E-state index in [2.05, 4.69) is 6.07 Å². The van der Waals surface area contributed by atoms with Gasteiger partial charge in [0.1, 0.15) is 0 Å². The van der Waals surface area contributed by atoms with Crippen LogP contribution >= 0.6 is 23.1 Å². The smallest absolute Gasteiger partial charge is 0.174 e. The molecule has 1 heterocycles. The van der Waals surface area contributed by atoms with Gasteiger partial charge in [-0.1, -0.05) is 23.1 Å². The summed E-state index contributed by atoms with van der Waals surface area (Å²) in [6.07, 6.45) is 0. The van der Waals surface area contributed by atoms with Gasteiger partial charge in [0.05, 0.1) is 22.6 Å². The van der Waals surface area contributed by atoms with E-state index in [9.17, 15) is 0 Å². The Bertz CT molecular complexity index is 289. The minimum absolute atomic E-state index is 0.00774. The van der Waals surface area contributed by atoms with E-state index in [1.54, 1.807) is 30.2 Å².